The first-order valence-electron chi connectivity index (χ1n) is 12.8. The fourth-order valence-electron chi connectivity index (χ4n) is 4.83. The van der Waals surface area contributed by atoms with Gasteiger partial charge in [-0.3, -0.25) is 14.7 Å². The molecule has 0 radical (unpaired) electrons. The van der Waals surface area contributed by atoms with Crippen LogP contribution in [0.5, 0.6) is 11.5 Å². The number of amidine groups is 2. The van der Waals surface area contributed by atoms with Crippen molar-refractivity contribution in [2.75, 3.05) is 59.7 Å². The maximum absolute atomic E-state index is 11.9. The number of fused-ring (bicyclic) bond motifs is 3. The average Bonchev–Trinajstić information content (AvgIpc) is 3.41. The van der Waals surface area contributed by atoms with Gasteiger partial charge in [-0.15, -0.1) is 0 Å². The van der Waals surface area contributed by atoms with E-state index < -0.39 is 5.91 Å². The van der Waals surface area contributed by atoms with E-state index >= 15 is 0 Å². The van der Waals surface area contributed by atoms with E-state index in [4.69, 9.17) is 34.9 Å². The third-order valence-corrected chi connectivity index (χ3v) is 6.65. The van der Waals surface area contributed by atoms with Gasteiger partial charge in [0.2, 0.25) is 0 Å². The highest BCUT2D eigenvalue weighted by molar-refractivity contribution is 6.20. The molecule has 4 heterocycles. The number of nitrogens with two attached hydrogens (primary N) is 1. The smallest absolute Gasteiger partial charge is 0.252 e. The molecule has 37 heavy (non-hydrogen) atoms. The van der Waals surface area contributed by atoms with Crippen LogP contribution < -0.4 is 15.2 Å². The molecule has 0 spiro atoms. The van der Waals surface area contributed by atoms with Gasteiger partial charge in [0.25, 0.3) is 5.91 Å². The van der Waals surface area contributed by atoms with Crippen LogP contribution in [0.2, 0.25) is 0 Å². The molecule has 1 aromatic heterocycles. The van der Waals surface area contributed by atoms with Gasteiger partial charge in [0.1, 0.15) is 11.5 Å². The van der Waals surface area contributed by atoms with E-state index in [-0.39, 0.29) is 0 Å². The zero-order valence-corrected chi connectivity index (χ0v) is 21.4. The predicted octanol–water partition coefficient (Wildman–Crippen LogP) is 1.79. The van der Waals surface area contributed by atoms with Gasteiger partial charge in [0, 0.05) is 37.9 Å². The number of primary amides is 1. The summed E-state index contributed by atoms with van der Waals surface area (Å²) in [4.78, 5) is 35.1. The minimum absolute atomic E-state index is 0.336. The minimum atomic E-state index is -0.536. The molecule has 11 heteroatoms. The Bertz CT molecular complexity index is 1220. The Hall–Kier alpha value is -3.57. The number of methoxy groups -OCH3 is 1. The van der Waals surface area contributed by atoms with Crippen LogP contribution in [0.1, 0.15) is 47.2 Å². The van der Waals surface area contributed by atoms with Gasteiger partial charge >= 0.3 is 0 Å². The van der Waals surface area contributed by atoms with E-state index in [1.54, 1.807) is 7.11 Å². The zero-order chi connectivity index (χ0) is 25.8. The molecular weight excluding hydrogens is 474 g/mol. The van der Waals surface area contributed by atoms with Gasteiger partial charge in [-0.2, -0.15) is 0 Å². The van der Waals surface area contributed by atoms with Crippen LogP contribution >= 0.6 is 0 Å². The molecule has 3 aliphatic rings. The molecule has 1 saturated heterocycles. The number of rotatable bonds is 10. The van der Waals surface area contributed by atoms with Crippen molar-refractivity contribution in [3.63, 3.8) is 0 Å². The van der Waals surface area contributed by atoms with Crippen molar-refractivity contribution >= 4 is 23.3 Å². The van der Waals surface area contributed by atoms with Gasteiger partial charge in [-0.25, -0.2) is 15.0 Å². The molecular formula is C26H33N7O4. The first-order chi connectivity index (χ1) is 18.1. The SMILES string of the molecule is CCCc1nc(C2=Nc3c(ccc(OCCCN4CCOCC4)c3OC)C3=NCCN23)ncc1C(N)=O. The molecule has 196 valence electrons. The Labute approximate surface area is 216 Å². The molecule has 0 aliphatic carbocycles. The van der Waals surface area contributed by atoms with Crippen molar-refractivity contribution in [3.8, 4) is 11.5 Å². The molecule has 0 saturated carbocycles. The number of hydrogen-bond acceptors (Lipinski definition) is 10. The second-order valence-corrected chi connectivity index (χ2v) is 9.11. The van der Waals surface area contributed by atoms with Gasteiger partial charge < -0.3 is 24.8 Å². The van der Waals surface area contributed by atoms with Crippen molar-refractivity contribution in [1.29, 1.82) is 0 Å². The van der Waals surface area contributed by atoms with Crippen LogP contribution in [0, 0.1) is 0 Å². The first kappa shape index (κ1) is 25.1. The summed E-state index contributed by atoms with van der Waals surface area (Å²) < 4.78 is 17.4. The quantitative estimate of drug-likeness (QED) is 0.482. The molecule has 3 aliphatic heterocycles. The lowest BCUT2D eigenvalue weighted by molar-refractivity contribution is 0.0357. The summed E-state index contributed by atoms with van der Waals surface area (Å²) in [6.45, 7) is 8.35. The Balaban J connectivity index is 1.44. The van der Waals surface area contributed by atoms with E-state index in [9.17, 15) is 4.79 Å². The Morgan fingerprint density at radius 2 is 2.03 bits per heavy atom. The van der Waals surface area contributed by atoms with Crippen LogP contribution in [0.15, 0.2) is 28.3 Å². The Morgan fingerprint density at radius 3 is 2.78 bits per heavy atom. The highest BCUT2D eigenvalue weighted by Crippen LogP contribution is 2.43. The number of aryl methyl sites for hydroxylation is 1. The second-order valence-electron chi connectivity index (χ2n) is 9.11. The van der Waals surface area contributed by atoms with E-state index in [0.29, 0.717) is 66.2 Å². The van der Waals surface area contributed by atoms with Crippen LogP contribution in [0.3, 0.4) is 0 Å². The number of aliphatic imine (C=N–C) groups is 2. The number of benzene rings is 1. The predicted molar refractivity (Wildman–Crippen MR) is 139 cm³/mol. The molecule has 1 fully saturated rings. The molecule has 1 aromatic carbocycles. The maximum Gasteiger partial charge on any atom is 0.252 e. The molecule has 0 unspecified atom stereocenters. The monoisotopic (exact) mass is 507 g/mol. The van der Waals surface area contributed by atoms with E-state index in [1.807, 2.05) is 24.0 Å². The summed E-state index contributed by atoms with van der Waals surface area (Å²) in [6.07, 6.45) is 3.83. The minimum Gasteiger partial charge on any atom is -0.491 e. The lowest BCUT2D eigenvalue weighted by atomic mass is 10.1. The molecule has 11 nitrogen and oxygen atoms in total. The van der Waals surface area contributed by atoms with Gasteiger partial charge in [-0.1, -0.05) is 13.3 Å². The Morgan fingerprint density at radius 1 is 1.19 bits per heavy atom. The number of carbonyl (C=O) groups excluding carboxylic acids is 1. The topological polar surface area (TPSA) is 128 Å². The summed E-state index contributed by atoms with van der Waals surface area (Å²) in [5, 5.41) is 0. The third-order valence-electron chi connectivity index (χ3n) is 6.65. The third kappa shape index (κ3) is 5.14. The molecule has 5 rings (SSSR count). The average molecular weight is 508 g/mol. The molecule has 0 atom stereocenters. The van der Waals surface area contributed by atoms with Crippen molar-refractivity contribution < 1.29 is 19.0 Å². The highest BCUT2D eigenvalue weighted by atomic mass is 16.5. The van der Waals surface area contributed by atoms with Crippen molar-refractivity contribution in [3.05, 3.63) is 41.0 Å². The lowest BCUT2D eigenvalue weighted by Gasteiger charge is -2.28. The Kier molecular flexibility index (Phi) is 7.61. The van der Waals surface area contributed by atoms with Crippen LogP contribution in [0.4, 0.5) is 5.69 Å². The van der Waals surface area contributed by atoms with Crippen molar-refractivity contribution in [2.45, 2.75) is 26.2 Å². The van der Waals surface area contributed by atoms with Crippen molar-refractivity contribution in [2.24, 2.45) is 15.7 Å². The number of amides is 1. The number of ether oxygens (including phenoxy) is 3. The summed E-state index contributed by atoms with van der Waals surface area (Å²) >= 11 is 0. The normalized spacial score (nSPS) is 17.1. The molecule has 2 aromatic rings. The van der Waals surface area contributed by atoms with E-state index in [2.05, 4.69) is 9.88 Å². The van der Waals surface area contributed by atoms with Gasteiger partial charge in [-0.05, 0) is 25.0 Å². The zero-order valence-electron chi connectivity index (χ0n) is 21.4. The number of nitrogens with zero attached hydrogens (tertiary/aromatic N) is 6. The number of morpholine rings is 1. The van der Waals surface area contributed by atoms with E-state index in [1.165, 1.54) is 6.20 Å². The molecule has 1 amide bonds. The second kappa shape index (κ2) is 11.2. The first-order valence-corrected chi connectivity index (χ1v) is 12.8. The summed E-state index contributed by atoms with van der Waals surface area (Å²) in [5.74, 6) is 2.45. The van der Waals surface area contributed by atoms with E-state index in [0.717, 1.165) is 57.1 Å². The van der Waals surface area contributed by atoms with Crippen molar-refractivity contribution in [1.82, 2.24) is 19.8 Å². The fourth-order valence-corrected chi connectivity index (χ4v) is 4.83. The summed E-state index contributed by atoms with van der Waals surface area (Å²) in [7, 11) is 1.62. The highest BCUT2D eigenvalue weighted by Gasteiger charge is 2.34. The van der Waals surface area contributed by atoms with Gasteiger partial charge in [0.05, 0.1) is 44.7 Å². The maximum atomic E-state index is 11.9. The lowest BCUT2D eigenvalue weighted by Crippen LogP contribution is -2.39. The largest absolute Gasteiger partial charge is 0.491 e. The standard InChI is InChI=1S/C26H33N7O4/c1-3-5-19-18(23(27)34)16-29-24(30-19)26-31-21-17(25-28-8-10-33(25)26)6-7-20(22(21)35-2)37-13-4-9-32-11-14-36-15-12-32/h6-7,16H,3-5,8-15H2,1-2H3,(H2,27,34). The molecule has 2 N–H and O–H groups in total. The summed E-state index contributed by atoms with van der Waals surface area (Å²) in [6, 6.07) is 3.90. The number of hydrogen-bond donors (Lipinski definition) is 1. The fraction of sp³-hybridized carbons (Fsp3) is 0.500. The molecule has 0 bridgehead atoms. The van der Waals surface area contributed by atoms with Crippen LogP contribution in [-0.4, -0.2) is 97.0 Å². The van der Waals surface area contributed by atoms with Crippen LogP contribution in [0.25, 0.3) is 0 Å². The van der Waals surface area contributed by atoms with Crippen LogP contribution in [-0.2, 0) is 11.2 Å². The number of carbonyl (C=O) groups is 1. The number of aromatic nitrogens is 2. The van der Waals surface area contributed by atoms with Gasteiger partial charge in [0.15, 0.2) is 23.2 Å². The summed E-state index contributed by atoms with van der Waals surface area (Å²) in [5.41, 5.74) is 8.02.